The lowest BCUT2D eigenvalue weighted by molar-refractivity contribution is 0.397. The average Bonchev–Trinajstić information content (AvgIpc) is 2.55. The third-order valence-electron chi connectivity index (χ3n) is 3.63. The lowest BCUT2D eigenvalue weighted by Crippen LogP contribution is -2.30. The molecule has 21 heavy (non-hydrogen) atoms. The molecule has 3 nitrogen and oxygen atoms in total. The SMILES string of the molecule is C=CCN1c2ccc(OC)nc2C=CC1c1ccccc1. The normalized spacial score (nSPS) is 16.4. The Morgan fingerprint density at radius 1 is 1.24 bits per heavy atom. The summed E-state index contributed by atoms with van der Waals surface area (Å²) in [7, 11) is 1.63. The second kappa shape index (κ2) is 5.83. The molecule has 1 aromatic carbocycles. The number of nitrogens with zero attached hydrogens (tertiary/aromatic N) is 2. The van der Waals surface area contributed by atoms with Crippen LogP contribution >= 0.6 is 0 Å². The van der Waals surface area contributed by atoms with Gasteiger partial charge in [-0.25, -0.2) is 4.98 Å². The fourth-order valence-electron chi connectivity index (χ4n) is 2.66. The first-order chi connectivity index (χ1) is 10.3. The van der Waals surface area contributed by atoms with Gasteiger partial charge in [0.05, 0.1) is 24.5 Å². The molecule has 0 fully saturated rings. The second-order valence-electron chi connectivity index (χ2n) is 4.91. The Bertz CT molecular complexity index is 664. The van der Waals surface area contributed by atoms with Crippen LogP contribution < -0.4 is 9.64 Å². The minimum Gasteiger partial charge on any atom is -0.481 e. The van der Waals surface area contributed by atoms with Gasteiger partial charge in [-0.3, -0.25) is 0 Å². The number of aromatic nitrogens is 1. The predicted molar refractivity (Wildman–Crippen MR) is 86.5 cm³/mol. The summed E-state index contributed by atoms with van der Waals surface area (Å²) in [5.74, 6) is 0.634. The predicted octanol–water partition coefficient (Wildman–Crippen LogP) is 3.85. The zero-order valence-corrected chi connectivity index (χ0v) is 12.1. The summed E-state index contributed by atoms with van der Waals surface area (Å²) in [6.45, 7) is 4.65. The van der Waals surface area contributed by atoms with Crippen LogP contribution in [-0.4, -0.2) is 18.6 Å². The van der Waals surface area contributed by atoms with Crippen molar-refractivity contribution in [3.05, 3.63) is 72.5 Å². The van der Waals surface area contributed by atoms with E-state index in [1.807, 2.05) is 18.2 Å². The molecule has 0 saturated carbocycles. The average molecular weight is 278 g/mol. The van der Waals surface area contributed by atoms with Gasteiger partial charge in [0, 0.05) is 12.6 Å². The van der Waals surface area contributed by atoms with Crippen LogP contribution in [0.1, 0.15) is 17.3 Å². The molecule has 1 aliphatic heterocycles. The summed E-state index contributed by atoms with van der Waals surface area (Å²) in [6, 6.07) is 14.6. The number of methoxy groups -OCH3 is 1. The minimum absolute atomic E-state index is 0.201. The number of benzene rings is 1. The molecule has 0 aliphatic carbocycles. The van der Waals surface area contributed by atoms with Gasteiger partial charge in [0.2, 0.25) is 5.88 Å². The van der Waals surface area contributed by atoms with E-state index < -0.39 is 0 Å². The molecule has 0 N–H and O–H groups in total. The van der Waals surface area contributed by atoms with Crippen molar-refractivity contribution in [3.63, 3.8) is 0 Å². The Balaban J connectivity index is 2.04. The molecule has 1 aliphatic rings. The molecule has 0 bridgehead atoms. The number of pyridine rings is 1. The van der Waals surface area contributed by atoms with Crippen molar-refractivity contribution in [2.45, 2.75) is 6.04 Å². The smallest absolute Gasteiger partial charge is 0.213 e. The molecule has 0 spiro atoms. The Kier molecular flexibility index (Phi) is 3.73. The first-order valence-corrected chi connectivity index (χ1v) is 6.99. The van der Waals surface area contributed by atoms with Crippen LogP contribution in [0.5, 0.6) is 5.88 Å². The van der Waals surface area contributed by atoms with E-state index in [-0.39, 0.29) is 6.04 Å². The van der Waals surface area contributed by atoms with E-state index in [4.69, 9.17) is 4.74 Å². The summed E-state index contributed by atoms with van der Waals surface area (Å²) in [5, 5.41) is 0. The molecule has 1 aromatic heterocycles. The van der Waals surface area contributed by atoms with Crippen molar-refractivity contribution in [2.75, 3.05) is 18.6 Å². The van der Waals surface area contributed by atoms with Crippen molar-refractivity contribution >= 4 is 11.8 Å². The van der Waals surface area contributed by atoms with Gasteiger partial charge >= 0.3 is 0 Å². The molecule has 0 amide bonds. The van der Waals surface area contributed by atoms with Gasteiger partial charge in [-0.1, -0.05) is 42.5 Å². The van der Waals surface area contributed by atoms with E-state index in [9.17, 15) is 0 Å². The van der Waals surface area contributed by atoms with Crippen molar-refractivity contribution in [3.8, 4) is 5.88 Å². The first-order valence-electron chi connectivity index (χ1n) is 6.99. The minimum atomic E-state index is 0.201. The molecular weight excluding hydrogens is 260 g/mol. The van der Waals surface area contributed by atoms with Gasteiger partial charge in [0.15, 0.2) is 0 Å². The number of hydrogen-bond donors (Lipinski definition) is 0. The Hall–Kier alpha value is -2.55. The maximum Gasteiger partial charge on any atom is 0.213 e. The third-order valence-corrected chi connectivity index (χ3v) is 3.63. The van der Waals surface area contributed by atoms with Crippen LogP contribution in [0.15, 0.2) is 61.2 Å². The zero-order chi connectivity index (χ0) is 14.7. The molecule has 3 rings (SSSR count). The number of rotatable bonds is 4. The van der Waals surface area contributed by atoms with Gasteiger partial charge in [-0.05, 0) is 17.7 Å². The molecule has 2 aromatic rings. The maximum atomic E-state index is 5.20. The van der Waals surface area contributed by atoms with E-state index in [2.05, 4.69) is 58.9 Å². The van der Waals surface area contributed by atoms with Gasteiger partial charge in [0.25, 0.3) is 0 Å². The van der Waals surface area contributed by atoms with Crippen LogP contribution in [0.2, 0.25) is 0 Å². The summed E-state index contributed by atoms with van der Waals surface area (Å²) in [4.78, 5) is 6.80. The zero-order valence-electron chi connectivity index (χ0n) is 12.1. The molecule has 1 unspecified atom stereocenters. The van der Waals surface area contributed by atoms with Gasteiger partial charge in [-0.15, -0.1) is 6.58 Å². The quantitative estimate of drug-likeness (QED) is 0.794. The van der Waals surface area contributed by atoms with Crippen LogP contribution in [0.25, 0.3) is 6.08 Å². The number of hydrogen-bond acceptors (Lipinski definition) is 3. The number of anilines is 1. The standard InChI is InChI=1S/C18H18N2O/c1-3-13-20-16(14-7-5-4-6-8-14)10-9-15-17(20)11-12-18(19-15)21-2/h3-12,16H,1,13H2,2H3. The molecule has 3 heteroatoms. The van der Waals surface area contributed by atoms with E-state index >= 15 is 0 Å². The van der Waals surface area contributed by atoms with Crippen molar-refractivity contribution in [2.24, 2.45) is 0 Å². The second-order valence-corrected chi connectivity index (χ2v) is 4.91. The van der Waals surface area contributed by atoms with Crippen LogP contribution in [-0.2, 0) is 0 Å². The highest BCUT2D eigenvalue weighted by molar-refractivity contribution is 5.71. The van der Waals surface area contributed by atoms with Crippen LogP contribution in [0.4, 0.5) is 5.69 Å². The lowest BCUT2D eigenvalue weighted by Gasteiger charge is -2.35. The maximum absolute atomic E-state index is 5.20. The molecule has 106 valence electrons. The fourth-order valence-corrected chi connectivity index (χ4v) is 2.66. The Morgan fingerprint density at radius 3 is 2.76 bits per heavy atom. The topological polar surface area (TPSA) is 25.4 Å². The fraction of sp³-hybridized carbons (Fsp3) is 0.167. The van der Waals surface area contributed by atoms with Gasteiger partial charge < -0.3 is 9.64 Å². The molecule has 1 atom stereocenters. The van der Waals surface area contributed by atoms with Crippen molar-refractivity contribution in [1.29, 1.82) is 0 Å². The largest absolute Gasteiger partial charge is 0.481 e. The lowest BCUT2D eigenvalue weighted by atomic mass is 9.99. The van der Waals surface area contributed by atoms with Crippen LogP contribution in [0.3, 0.4) is 0 Å². The summed E-state index contributed by atoms with van der Waals surface area (Å²) < 4.78 is 5.20. The molecule has 0 saturated heterocycles. The molecular formula is C18H18N2O. The van der Waals surface area contributed by atoms with Gasteiger partial charge in [-0.2, -0.15) is 0 Å². The first kappa shape index (κ1) is 13.4. The van der Waals surface area contributed by atoms with E-state index in [0.29, 0.717) is 5.88 Å². The number of fused-ring (bicyclic) bond motifs is 1. The summed E-state index contributed by atoms with van der Waals surface area (Å²) >= 11 is 0. The summed E-state index contributed by atoms with van der Waals surface area (Å²) in [5.41, 5.74) is 3.30. The monoisotopic (exact) mass is 278 g/mol. The van der Waals surface area contributed by atoms with Crippen molar-refractivity contribution in [1.82, 2.24) is 4.98 Å². The van der Waals surface area contributed by atoms with Crippen molar-refractivity contribution < 1.29 is 4.74 Å². The Morgan fingerprint density at radius 2 is 2.05 bits per heavy atom. The number of ether oxygens (including phenoxy) is 1. The molecule has 2 heterocycles. The molecule has 0 radical (unpaired) electrons. The highest BCUT2D eigenvalue weighted by Crippen LogP contribution is 2.36. The summed E-state index contributed by atoms with van der Waals surface area (Å²) in [6.07, 6.45) is 6.16. The van der Waals surface area contributed by atoms with E-state index in [1.165, 1.54) is 5.56 Å². The third kappa shape index (κ3) is 2.55. The highest BCUT2D eigenvalue weighted by Gasteiger charge is 2.23. The van der Waals surface area contributed by atoms with Gasteiger partial charge in [0.1, 0.15) is 0 Å². The van der Waals surface area contributed by atoms with E-state index in [0.717, 1.165) is 17.9 Å². The van der Waals surface area contributed by atoms with Crippen LogP contribution in [0, 0.1) is 0 Å². The van der Waals surface area contributed by atoms with E-state index in [1.54, 1.807) is 7.11 Å². The Labute approximate surface area is 125 Å². The highest BCUT2D eigenvalue weighted by atomic mass is 16.5.